The van der Waals surface area contributed by atoms with Gasteiger partial charge in [-0.1, -0.05) is 12.1 Å². The summed E-state index contributed by atoms with van der Waals surface area (Å²) in [6.45, 7) is 4.02. The molecule has 0 N–H and O–H groups in total. The summed E-state index contributed by atoms with van der Waals surface area (Å²) in [6.07, 6.45) is 0.632. The summed E-state index contributed by atoms with van der Waals surface area (Å²) in [7, 11) is 1.61. The second-order valence-corrected chi connectivity index (χ2v) is 4.07. The average Bonchev–Trinajstić information content (AvgIpc) is 2.91. The molecule has 2 aromatic rings. The molecule has 6 heteroatoms. The minimum Gasteiger partial charge on any atom is -0.497 e. The fourth-order valence-corrected chi connectivity index (χ4v) is 1.91. The van der Waals surface area contributed by atoms with E-state index in [9.17, 15) is 4.79 Å². The molecule has 106 valence electrons. The van der Waals surface area contributed by atoms with Crippen molar-refractivity contribution in [1.82, 2.24) is 15.0 Å². The first-order valence-corrected chi connectivity index (χ1v) is 6.47. The zero-order valence-corrected chi connectivity index (χ0v) is 11.8. The summed E-state index contributed by atoms with van der Waals surface area (Å²) in [4.78, 5) is 11.8. The Kier molecular flexibility index (Phi) is 4.34. The average molecular weight is 275 g/mol. The highest BCUT2D eigenvalue weighted by atomic mass is 16.5. The zero-order chi connectivity index (χ0) is 14.5. The van der Waals surface area contributed by atoms with Crippen LogP contribution in [-0.2, 0) is 11.2 Å². The van der Waals surface area contributed by atoms with Gasteiger partial charge in [0.1, 0.15) is 5.75 Å². The highest BCUT2D eigenvalue weighted by Gasteiger charge is 2.20. The Bertz CT molecular complexity index is 590. The molecule has 0 saturated carbocycles. The number of hydrogen-bond donors (Lipinski definition) is 0. The van der Waals surface area contributed by atoms with Gasteiger partial charge < -0.3 is 9.47 Å². The predicted molar refractivity (Wildman–Crippen MR) is 73.2 cm³/mol. The highest BCUT2D eigenvalue weighted by Crippen LogP contribution is 2.18. The number of ether oxygens (including phenoxy) is 2. The SMILES string of the molecule is CCOC(=O)c1nnn(-c2ccc(OC)cc2)c1CC. The topological polar surface area (TPSA) is 66.2 Å². The molecule has 0 saturated heterocycles. The van der Waals surface area contributed by atoms with Crippen molar-refractivity contribution in [3.8, 4) is 11.4 Å². The number of nitrogens with zero attached hydrogens (tertiary/aromatic N) is 3. The van der Waals surface area contributed by atoms with Crippen LogP contribution in [0.5, 0.6) is 5.75 Å². The molecule has 0 radical (unpaired) electrons. The number of aromatic nitrogens is 3. The van der Waals surface area contributed by atoms with Crippen molar-refractivity contribution in [1.29, 1.82) is 0 Å². The van der Waals surface area contributed by atoms with Gasteiger partial charge in [0.2, 0.25) is 0 Å². The van der Waals surface area contributed by atoms with Gasteiger partial charge in [-0.15, -0.1) is 5.10 Å². The molecule has 6 nitrogen and oxygen atoms in total. The number of rotatable bonds is 5. The molecule has 0 aliphatic carbocycles. The van der Waals surface area contributed by atoms with E-state index in [-0.39, 0.29) is 5.69 Å². The van der Waals surface area contributed by atoms with E-state index < -0.39 is 5.97 Å². The van der Waals surface area contributed by atoms with Gasteiger partial charge in [-0.3, -0.25) is 0 Å². The van der Waals surface area contributed by atoms with E-state index in [1.807, 2.05) is 31.2 Å². The van der Waals surface area contributed by atoms with Gasteiger partial charge in [0, 0.05) is 0 Å². The molecule has 1 aromatic carbocycles. The number of carbonyl (C=O) groups excluding carboxylic acids is 1. The number of benzene rings is 1. The van der Waals surface area contributed by atoms with Gasteiger partial charge >= 0.3 is 5.97 Å². The fraction of sp³-hybridized carbons (Fsp3) is 0.357. The third-order valence-corrected chi connectivity index (χ3v) is 2.88. The maximum Gasteiger partial charge on any atom is 0.360 e. The van der Waals surface area contributed by atoms with Crippen molar-refractivity contribution in [2.24, 2.45) is 0 Å². The maximum atomic E-state index is 11.8. The number of carbonyl (C=O) groups is 1. The van der Waals surface area contributed by atoms with Crippen molar-refractivity contribution in [2.75, 3.05) is 13.7 Å². The lowest BCUT2D eigenvalue weighted by molar-refractivity contribution is 0.0518. The van der Waals surface area contributed by atoms with Crippen molar-refractivity contribution < 1.29 is 14.3 Å². The highest BCUT2D eigenvalue weighted by molar-refractivity contribution is 5.88. The van der Waals surface area contributed by atoms with E-state index in [1.165, 1.54) is 0 Å². The zero-order valence-electron chi connectivity index (χ0n) is 11.8. The van der Waals surface area contributed by atoms with E-state index >= 15 is 0 Å². The van der Waals surface area contributed by atoms with Gasteiger partial charge in [0.15, 0.2) is 5.69 Å². The maximum absolute atomic E-state index is 11.8. The summed E-state index contributed by atoms with van der Waals surface area (Å²) in [5.41, 5.74) is 1.82. The molecular formula is C14H17N3O3. The number of esters is 1. The first-order valence-electron chi connectivity index (χ1n) is 6.47. The van der Waals surface area contributed by atoms with Gasteiger partial charge in [0.05, 0.1) is 25.1 Å². The predicted octanol–water partition coefficient (Wildman–Crippen LogP) is 2.02. The van der Waals surface area contributed by atoms with Crippen LogP contribution in [0.3, 0.4) is 0 Å². The van der Waals surface area contributed by atoms with Crippen molar-refractivity contribution in [3.63, 3.8) is 0 Å². The molecule has 2 rings (SSSR count). The lowest BCUT2D eigenvalue weighted by Gasteiger charge is -2.06. The largest absolute Gasteiger partial charge is 0.497 e. The molecule has 20 heavy (non-hydrogen) atoms. The Morgan fingerprint density at radius 2 is 1.95 bits per heavy atom. The van der Waals surface area contributed by atoms with Crippen molar-refractivity contribution in [2.45, 2.75) is 20.3 Å². The molecule has 0 spiro atoms. The molecule has 1 heterocycles. The minimum absolute atomic E-state index is 0.269. The Morgan fingerprint density at radius 3 is 2.50 bits per heavy atom. The van der Waals surface area contributed by atoms with Crippen molar-refractivity contribution in [3.05, 3.63) is 35.7 Å². The summed E-state index contributed by atoms with van der Waals surface area (Å²) in [5, 5.41) is 7.97. The van der Waals surface area contributed by atoms with Crippen LogP contribution in [-0.4, -0.2) is 34.7 Å². The summed E-state index contributed by atoms with van der Waals surface area (Å²) >= 11 is 0. The molecule has 0 aliphatic heterocycles. The van der Waals surface area contributed by atoms with Crippen LogP contribution in [0.25, 0.3) is 5.69 Å². The fourth-order valence-electron chi connectivity index (χ4n) is 1.91. The normalized spacial score (nSPS) is 10.3. The summed E-state index contributed by atoms with van der Waals surface area (Å²) in [5.74, 6) is 0.321. The van der Waals surface area contributed by atoms with Crippen LogP contribution in [0.2, 0.25) is 0 Å². The lowest BCUT2D eigenvalue weighted by atomic mass is 10.2. The van der Waals surface area contributed by atoms with E-state index in [2.05, 4.69) is 10.3 Å². The Balaban J connectivity index is 2.38. The first-order chi connectivity index (χ1) is 9.71. The number of hydrogen-bond acceptors (Lipinski definition) is 5. The summed E-state index contributed by atoms with van der Waals surface area (Å²) < 4.78 is 11.7. The van der Waals surface area contributed by atoms with E-state index in [0.29, 0.717) is 13.0 Å². The Labute approximate surface area is 117 Å². The van der Waals surface area contributed by atoms with Gasteiger partial charge in [-0.2, -0.15) is 0 Å². The van der Waals surface area contributed by atoms with Crippen LogP contribution in [0.4, 0.5) is 0 Å². The van der Waals surface area contributed by atoms with Crippen molar-refractivity contribution >= 4 is 5.97 Å². The van der Waals surface area contributed by atoms with Gasteiger partial charge in [-0.05, 0) is 37.6 Å². The standard InChI is InChI=1S/C14H17N3O3/c1-4-12-13(14(18)20-5-2)15-16-17(12)10-6-8-11(19-3)9-7-10/h6-9H,4-5H2,1-3H3. The quantitative estimate of drug-likeness (QED) is 0.781. The first kappa shape index (κ1) is 14.0. The smallest absolute Gasteiger partial charge is 0.360 e. The molecule has 0 amide bonds. The third-order valence-electron chi connectivity index (χ3n) is 2.88. The Hall–Kier alpha value is -2.37. The minimum atomic E-state index is -0.441. The molecule has 0 fully saturated rings. The molecule has 0 atom stereocenters. The van der Waals surface area contributed by atoms with Crippen LogP contribution in [0.15, 0.2) is 24.3 Å². The summed E-state index contributed by atoms with van der Waals surface area (Å²) in [6, 6.07) is 7.39. The molecular weight excluding hydrogens is 258 g/mol. The van der Waals surface area contributed by atoms with Gasteiger partial charge in [0.25, 0.3) is 0 Å². The second-order valence-electron chi connectivity index (χ2n) is 4.07. The lowest BCUT2D eigenvalue weighted by Crippen LogP contribution is -2.09. The van der Waals surface area contributed by atoms with Gasteiger partial charge in [-0.25, -0.2) is 9.48 Å². The molecule has 0 bridgehead atoms. The molecule has 0 aliphatic rings. The van der Waals surface area contributed by atoms with E-state index in [4.69, 9.17) is 9.47 Å². The van der Waals surface area contributed by atoms with E-state index in [1.54, 1.807) is 18.7 Å². The molecule has 1 aromatic heterocycles. The van der Waals surface area contributed by atoms with Crippen LogP contribution >= 0.6 is 0 Å². The Morgan fingerprint density at radius 1 is 1.25 bits per heavy atom. The van der Waals surface area contributed by atoms with E-state index in [0.717, 1.165) is 17.1 Å². The number of methoxy groups -OCH3 is 1. The van der Waals surface area contributed by atoms with Crippen LogP contribution in [0, 0.1) is 0 Å². The third kappa shape index (κ3) is 2.64. The monoisotopic (exact) mass is 275 g/mol. The molecule has 0 unspecified atom stereocenters. The second kappa shape index (κ2) is 6.18. The van der Waals surface area contributed by atoms with Crippen LogP contribution < -0.4 is 4.74 Å². The van der Waals surface area contributed by atoms with Crippen LogP contribution in [0.1, 0.15) is 30.0 Å².